The maximum atomic E-state index is 12.7. The van der Waals surface area contributed by atoms with Gasteiger partial charge in [0.2, 0.25) is 0 Å². The summed E-state index contributed by atoms with van der Waals surface area (Å²) in [6.45, 7) is 7.71. The number of aryl methyl sites for hydroxylation is 2. The molecule has 0 aliphatic heterocycles. The molecule has 3 aromatic rings. The number of anilines is 1. The maximum Gasteiger partial charge on any atom is 0.359 e. The summed E-state index contributed by atoms with van der Waals surface area (Å²) in [6, 6.07) is 12.4. The van der Waals surface area contributed by atoms with E-state index < -0.39 is 18.5 Å². The highest BCUT2D eigenvalue weighted by Gasteiger charge is 2.19. The second-order valence-corrected chi connectivity index (χ2v) is 7.78. The fraction of sp³-hybridized carbons (Fsp3) is 0.304. The average Bonchev–Trinajstić information content (AvgIpc) is 2.67. The van der Waals surface area contributed by atoms with Gasteiger partial charge in [-0.1, -0.05) is 38.1 Å². The number of hydrogen-bond acceptors (Lipinski definition) is 5. The van der Waals surface area contributed by atoms with Crippen molar-refractivity contribution in [2.45, 2.75) is 34.2 Å². The molecule has 1 N–H and O–H groups in total. The Morgan fingerprint density at radius 3 is 2.33 bits per heavy atom. The van der Waals surface area contributed by atoms with Crippen LogP contribution in [0.4, 0.5) is 5.69 Å². The molecule has 7 heteroatoms. The average molecular weight is 407 g/mol. The number of carbonyl (C=O) groups excluding carboxylic acids is 2. The van der Waals surface area contributed by atoms with Gasteiger partial charge in [-0.15, -0.1) is 0 Å². The van der Waals surface area contributed by atoms with E-state index in [4.69, 9.17) is 4.74 Å². The van der Waals surface area contributed by atoms with Crippen LogP contribution in [0, 0.1) is 19.8 Å². The Bertz CT molecular complexity index is 1140. The van der Waals surface area contributed by atoms with E-state index in [9.17, 15) is 14.4 Å². The molecule has 1 heterocycles. The van der Waals surface area contributed by atoms with Crippen molar-refractivity contribution in [3.8, 4) is 0 Å². The zero-order valence-corrected chi connectivity index (χ0v) is 17.6. The minimum absolute atomic E-state index is 0.0186. The molecule has 0 aliphatic carbocycles. The van der Waals surface area contributed by atoms with Gasteiger partial charge in [-0.05, 0) is 49.1 Å². The molecule has 1 aromatic heterocycles. The van der Waals surface area contributed by atoms with Crippen LogP contribution in [0.25, 0.3) is 10.8 Å². The minimum atomic E-state index is -0.751. The first-order valence-electron chi connectivity index (χ1n) is 9.79. The quantitative estimate of drug-likeness (QED) is 0.632. The van der Waals surface area contributed by atoms with Crippen LogP contribution in [-0.2, 0) is 16.1 Å². The van der Waals surface area contributed by atoms with Crippen LogP contribution in [0.1, 0.15) is 35.5 Å². The molecule has 7 nitrogen and oxygen atoms in total. The number of esters is 1. The van der Waals surface area contributed by atoms with E-state index in [0.29, 0.717) is 23.0 Å². The second kappa shape index (κ2) is 8.90. The molecule has 0 fully saturated rings. The Morgan fingerprint density at radius 2 is 1.70 bits per heavy atom. The topological polar surface area (TPSA) is 90.3 Å². The Balaban J connectivity index is 1.80. The number of nitrogens with one attached hydrogen (secondary N) is 1. The molecule has 1 amide bonds. The van der Waals surface area contributed by atoms with Crippen molar-refractivity contribution in [2.75, 3.05) is 11.9 Å². The van der Waals surface area contributed by atoms with Gasteiger partial charge in [0, 0.05) is 17.6 Å². The zero-order chi connectivity index (χ0) is 21.8. The molecule has 30 heavy (non-hydrogen) atoms. The number of aromatic nitrogens is 2. The standard InChI is InChI=1S/C23H25N3O4/c1-14(2)12-26-22(28)19-8-6-5-7-18(19)21(25-26)23(29)30-13-20(27)24-17-10-15(3)9-16(4)11-17/h5-11,14H,12-13H2,1-4H3,(H,24,27). The Hall–Kier alpha value is -3.48. The number of benzene rings is 2. The third kappa shape index (κ3) is 4.92. The molecule has 0 bridgehead atoms. The number of amides is 1. The first-order valence-corrected chi connectivity index (χ1v) is 9.79. The van der Waals surface area contributed by atoms with Crippen molar-refractivity contribution in [3.63, 3.8) is 0 Å². The van der Waals surface area contributed by atoms with Crippen molar-refractivity contribution in [2.24, 2.45) is 5.92 Å². The van der Waals surface area contributed by atoms with Crippen LogP contribution in [0.5, 0.6) is 0 Å². The summed E-state index contributed by atoms with van der Waals surface area (Å²) in [4.78, 5) is 37.6. The fourth-order valence-electron chi connectivity index (χ4n) is 3.30. The van der Waals surface area contributed by atoms with E-state index in [1.165, 1.54) is 4.68 Å². The van der Waals surface area contributed by atoms with Crippen LogP contribution < -0.4 is 10.9 Å². The molecular formula is C23H25N3O4. The molecule has 0 aliphatic rings. The van der Waals surface area contributed by atoms with Gasteiger partial charge in [0.05, 0.1) is 5.39 Å². The van der Waals surface area contributed by atoms with Crippen LogP contribution in [0.2, 0.25) is 0 Å². The van der Waals surface area contributed by atoms with Gasteiger partial charge >= 0.3 is 5.97 Å². The molecule has 3 rings (SSSR count). The Kier molecular flexibility index (Phi) is 6.30. The summed E-state index contributed by atoms with van der Waals surface area (Å²) in [5.41, 5.74) is 2.44. The second-order valence-electron chi connectivity index (χ2n) is 7.78. The summed E-state index contributed by atoms with van der Waals surface area (Å²) < 4.78 is 6.48. The highest BCUT2D eigenvalue weighted by molar-refractivity contribution is 6.03. The van der Waals surface area contributed by atoms with Crippen LogP contribution in [-0.4, -0.2) is 28.3 Å². The molecule has 0 spiro atoms. The molecular weight excluding hydrogens is 382 g/mol. The SMILES string of the molecule is Cc1cc(C)cc(NC(=O)COC(=O)c2nn(CC(C)C)c(=O)c3ccccc23)c1. The van der Waals surface area contributed by atoms with E-state index >= 15 is 0 Å². The number of fused-ring (bicyclic) bond motifs is 1. The highest BCUT2D eigenvalue weighted by Crippen LogP contribution is 2.16. The maximum absolute atomic E-state index is 12.7. The van der Waals surface area contributed by atoms with E-state index in [2.05, 4.69) is 10.4 Å². The van der Waals surface area contributed by atoms with Crippen LogP contribution >= 0.6 is 0 Å². The summed E-state index contributed by atoms with van der Waals surface area (Å²) >= 11 is 0. The summed E-state index contributed by atoms with van der Waals surface area (Å²) in [6.07, 6.45) is 0. The van der Waals surface area contributed by atoms with Gasteiger partial charge in [-0.3, -0.25) is 9.59 Å². The molecule has 0 saturated heterocycles. The summed E-state index contributed by atoms with van der Waals surface area (Å²) in [5.74, 6) is -1.03. The Labute approximate surface area is 174 Å². The molecule has 156 valence electrons. The molecule has 0 radical (unpaired) electrons. The lowest BCUT2D eigenvalue weighted by atomic mass is 10.1. The lowest BCUT2D eigenvalue weighted by Gasteiger charge is -2.12. The van der Waals surface area contributed by atoms with Gasteiger partial charge in [0.15, 0.2) is 12.3 Å². The monoisotopic (exact) mass is 407 g/mol. The van der Waals surface area contributed by atoms with Gasteiger partial charge in [0.1, 0.15) is 0 Å². The Morgan fingerprint density at radius 1 is 1.07 bits per heavy atom. The smallest absolute Gasteiger partial charge is 0.359 e. The van der Waals surface area contributed by atoms with Crippen molar-refractivity contribution >= 4 is 28.3 Å². The molecule has 2 aromatic carbocycles. The predicted molar refractivity (Wildman–Crippen MR) is 116 cm³/mol. The van der Waals surface area contributed by atoms with Crippen molar-refractivity contribution in [1.29, 1.82) is 0 Å². The van der Waals surface area contributed by atoms with Gasteiger partial charge in [-0.25, -0.2) is 9.48 Å². The predicted octanol–water partition coefficient (Wildman–Crippen LogP) is 3.46. The molecule has 0 unspecified atom stereocenters. The van der Waals surface area contributed by atoms with E-state index in [1.54, 1.807) is 24.3 Å². The van der Waals surface area contributed by atoms with Gasteiger partial charge < -0.3 is 10.1 Å². The largest absolute Gasteiger partial charge is 0.451 e. The van der Waals surface area contributed by atoms with Gasteiger partial charge in [-0.2, -0.15) is 5.10 Å². The van der Waals surface area contributed by atoms with E-state index in [0.717, 1.165) is 11.1 Å². The van der Waals surface area contributed by atoms with E-state index in [1.807, 2.05) is 45.9 Å². The minimum Gasteiger partial charge on any atom is -0.451 e. The molecule has 0 atom stereocenters. The van der Waals surface area contributed by atoms with Crippen LogP contribution in [0.15, 0.2) is 47.3 Å². The number of rotatable bonds is 6. The number of ether oxygens (including phenoxy) is 1. The third-order valence-electron chi connectivity index (χ3n) is 4.44. The fourth-order valence-corrected chi connectivity index (χ4v) is 3.30. The van der Waals surface area contributed by atoms with Gasteiger partial charge in [0.25, 0.3) is 11.5 Å². The van der Waals surface area contributed by atoms with Crippen LogP contribution in [0.3, 0.4) is 0 Å². The van der Waals surface area contributed by atoms with E-state index in [-0.39, 0.29) is 17.2 Å². The zero-order valence-electron chi connectivity index (χ0n) is 17.6. The van der Waals surface area contributed by atoms with Crippen molar-refractivity contribution < 1.29 is 14.3 Å². The number of carbonyl (C=O) groups is 2. The third-order valence-corrected chi connectivity index (χ3v) is 4.44. The summed E-state index contributed by atoms with van der Waals surface area (Å²) in [7, 11) is 0. The first kappa shape index (κ1) is 21.2. The normalized spacial score (nSPS) is 11.0. The number of hydrogen-bond donors (Lipinski definition) is 1. The first-order chi connectivity index (χ1) is 14.2. The molecule has 0 saturated carbocycles. The van der Waals surface area contributed by atoms with Crippen molar-refractivity contribution in [1.82, 2.24) is 9.78 Å². The number of nitrogens with zero attached hydrogens (tertiary/aromatic N) is 2. The summed E-state index contributed by atoms with van der Waals surface area (Å²) in [5, 5.41) is 7.74. The lowest BCUT2D eigenvalue weighted by Crippen LogP contribution is -2.29. The van der Waals surface area contributed by atoms with Crippen molar-refractivity contribution in [3.05, 3.63) is 69.6 Å². The lowest BCUT2D eigenvalue weighted by molar-refractivity contribution is -0.119. The highest BCUT2D eigenvalue weighted by atomic mass is 16.5.